The SMILES string of the molecule is COc1cccc([C@@H](CN)N2CCC[C@H](C)C2)c1OC. The Morgan fingerprint density at radius 2 is 2.15 bits per heavy atom. The molecule has 1 aromatic carbocycles. The summed E-state index contributed by atoms with van der Waals surface area (Å²) in [7, 11) is 3.36. The van der Waals surface area contributed by atoms with Crippen LogP contribution in [-0.2, 0) is 0 Å². The first-order chi connectivity index (χ1) is 9.71. The van der Waals surface area contributed by atoms with Crippen LogP contribution in [0.4, 0.5) is 0 Å². The van der Waals surface area contributed by atoms with Gasteiger partial charge < -0.3 is 15.2 Å². The fourth-order valence-electron chi connectivity index (χ4n) is 3.16. The molecule has 1 aromatic rings. The molecule has 20 heavy (non-hydrogen) atoms. The quantitative estimate of drug-likeness (QED) is 0.898. The molecule has 0 spiro atoms. The summed E-state index contributed by atoms with van der Waals surface area (Å²) in [6.07, 6.45) is 2.55. The molecule has 4 heteroatoms. The van der Waals surface area contributed by atoms with Crippen molar-refractivity contribution in [3.63, 3.8) is 0 Å². The van der Waals surface area contributed by atoms with E-state index in [2.05, 4.69) is 17.9 Å². The van der Waals surface area contributed by atoms with Crippen molar-refractivity contribution in [1.82, 2.24) is 4.90 Å². The number of hydrogen-bond donors (Lipinski definition) is 1. The van der Waals surface area contributed by atoms with E-state index in [0.717, 1.165) is 36.1 Å². The monoisotopic (exact) mass is 278 g/mol. The van der Waals surface area contributed by atoms with Gasteiger partial charge in [0.25, 0.3) is 0 Å². The predicted molar refractivity (Wildman–Crippen MR) is 81.3 cm³/mol. The third-order valence-electron chi connectivity index (χ3n) is 4.14. The highest BCUT2D eigenvalue weighted by atomic mass is 16.5. The molecular weight excluding hydrogens is 252 g/mol. The van der Waals surface area contributed by atoms with Crippen molar-refractivity contribution in [3.05, 3.63) is 23.8 Å². The van der Waals surface area contributed by atoms with Gasteiger partial charge in [0, 0.05) is 18.7 Å². The van der Waals surface area contributed by atoms with E-state index in [-0.39, 0.29) is 6.04 Å². The second kappa shape index (κ2) is 6.95. The van der Waals surface area contributed by atoms with Crippen molar-refractivity contribution in [3.8, 4) is 11.5 Å². The van der Waals surface area contributed by atoms with Crippen LogP contribution in [-0.4, -0.2) is 38.8 Å². The first-order valence-corrected chi connectivity index (χ1v) is 7.36. The minimum atomic E-state index is 0.197. The second-order valence-corrected chi connectivity index (χ2v) is 5.58. The highest BCUT2D eigenvalue weighted by Gasteiger charge is 2.27. The normalized spacial score (nSPS) is 21.5. The van der Waals surface area contributed by atoms with Crippen molar-refractivity contribution < 1.29 is 9.47 Å². The standard InChI is InChI=1S/C16H26N2O2/c1-12-6-5-9-18(11-12)14(10-17)13-7-4-8-15(19-2)16(13)20-3/h4,7-8,12,14H,5-6,9-11,17H2,1-3H3/t12-,14+/m0/s1. The molecule has 1 saturated heterocycles. The Hall–Kier alpha value is -1.26. The van der Waals surface area contributed by atoms with Crippen LogP contribution in [0.15, 0.2) is 18.2 Å². The number of nitrogens with two attached hydrogens (primary N) is 1. The molecule has 4 nitrogen and oxygen atoms in total. The Labute approximate surface area is 121 Å². The summed E-state index contributed by atoms with van der Waals surface area (Å²) in [4.78, 5) is 2.48. The minimum absolute atomic E-state index is 0.197. The molecule has 0 unspecified atom stereocenters. The summed E-state index contributed by atoms with van der Waals surface area (Å²) in [5.74, 6) is 2.31. The van der Waals surface area contributed by atoms with Crippen LogP contribution in [0.3, 0.4) is 0 Å². The van der Waals surface area contributed by atoms with E-state index < -0.39 is 0 Å². The van der Waals surface area contributed by atoms with E-state index in [1.54, 1.807) is 14.2 Å². The van der Waals surface area contributed by atoms with Crippen molar-refractivity contribution >= 4 is 0 Å². The summed E-state index contributed by atoms with van der Waals surface area (Å²) < 4.78 is 11.0. The van der Waals surface area contributed by atoms with E-state index in [1.807, 2.05) is 12.1 Å². The molecule has 1 fully saturated rings. The second-order valence-electron chi connectivity index (χ2n) is 5.58. The van der Waals surface area contributed by atoms with Gasteiger partial charge in [0.15, 0.2) is 11.5 Å². The van der Waals surface area contributed by atoms with E-state index in [1.165, 1.54) is 12.8 Å². The Balaban J connectivity index is 2.31. The molecule has 2 rings (SSSR count). The summed E-state index contributed by atoms with van der Waals surface area (Å²) in [5, 5.41) is 0. The molecule has 0 saturated carbocycles. The maximum absolute atomic E-state index is 6.06. The number of nitrogens with zero attached hydrogens (tertiary/aromatic N) is 1. The fourth-order valence-corrected chi connectivity index (χ4v) is 3.16. The van der Waals surface area contributed by atoms with E-state index in [9.17, 15) is 0 Å². The molecule has 2 atom stereocenters. The summed E-state index contributed by atoms with van der Waals surface area (Å²) in [5.41, 5.74) is 7.19. The number of likely N-dealkylation sites (tertiary alicyclic amines) is 1. The average molecular weight is 278 g/mol. The number of benzene rings is 1. The lowest BCUT2D eigenvalue weighted by Gasteiger charge is -2.37. The zero-order valence-electron chi connectivity index (χ0n) is 12.8. The molecule has 0 amide bonds. The Morgan fingerprint density at radius 3 is 2.75 bits per heavy atom. The molecule has 0 bridgehead atoms. The third kappa shape index (κ3) is 3.07. The summed E-state index contributed by atoms with van der Waals surface area (Å²) in [6, 6.07) is 6.22. The molecule has 2 N–H and O–H groups in total. The van der Waals surface area contributed by atoms with E-state index in [4.69, 9.17) is 15.2 Å². The van der Waals surface area contributed by atoms with Crippen molar-refractivity contribution in [1.29, 1.82) is 0 Å². The molecule has 0 aliphatic carbocycles. The molecule has 1 aliphatic rings. The third-order valence-corrected chi connectivity index (χ3v) is 4.14. The number of hydrogen-bond acceptors (Lipinski definition) is 4. The Bertz CT molecular complexity index is 436. The predicted octanol–water partition coefficient (Wildman–Crippen LogP) is 2.44. The van der Waals surface area contributed by atoms with Gasteiger partial charge in [-0.05, 0) is 31.4 Å². The smallest absolute Gasteiger partial charge is 0.165 e. The van der Waals surface area contributed by atoms with Crippen LogP contribution in [0.2, 0.25) is 0 Å². The average Bonchev–Trinajstić information content (AvgIpc) is 2.47. The van der Waals surface area contributed by atoms with Gasteiger partial charge in [-0.25, -0.2) is 0 Å². The van der Waals surface area contributed by atoms with Crippen LogP contribution in [0.25, 0.3) is 0 Å². The lowest BCUT2D eigenvalue weighted by atomic mass is 9.95. The van der Waals surface area contributed by atoms with Gasteiger partial charge in [0.2, 0.25) is 0 Å². The Kier molecular flexibility index (Phi) is 5.26. The summed E-state index contributed by atoms with van der Waals surface area (Å²) >= 11 is 0. The van der Waals surface area contributed by atoms with Gasteiger partial charge in [-0.2, -0.15) is 0 Å². The minimum Gasteiger partial charge on any atom is -0.493 e. The number of piperidine rings is 1. The first-order valence-electron chi connectivity index (χ1n) is 7.36. The zero-order chi connectivity index (χ0) is 14.5. The van der Waals surface area contributed by atoms with Gasteiger partial charge in [-0.15, -0.1) is 0 Å². The van der Waals surface area contributed by atoms with Gasteiger partial charge in [-0.1, -0.05) is 19.1 Å². The van der Waals surface area contributed by atoms with Crippen LogP contribution in [0, 0.1) is 5.92 Å². The van der Waals surface area contributed by atoms with Crippen LogP contribution < -0.4 is 15.2 Å². The van der Waals surface area contributed by atoms with Crippen molar-refractivity contribution in [2.24, 2.45) is 11.7 Å². The molecule has 0 aromatic heterocycles. The van der Waals surface area contributed by atoms with Crippen LogP contribution >= 0.6 is 0 Å². The number of rotatable bonds is 5. The lowest BCUT2D eigenvalue weighted by molar-refractivity contribution is 0.131. The number of para-hydroxylation sites is 1. The van der Waals surface area contributed by atoms with E-state index in [0.29, 0.717) is 6.54 Å². The molecule has 112 valence electrons. The molecule has 1 heterocycles. The van der Waals surface area contributed by atoms with E-state index >= 15 is 0 Å². The number of ether oxygens (including phenoxy) is 2. The molecule has 0 radical (unpaired) electrons. The number of methoxy groups -OCH3 is 2. The van der Waals surface area contributed by atoms with Gasteiger partial charge in [0.05, 0.1) is 20.3 Å². The van der Waals surface area contributed by atoms with Gasteiger partial charge >= 0.3 is 0 Å². The van der Waals surface area contributed by atoms with Gasteiger partial charge in [0.1, 0.15) is 0 Å². The fraction of sp³-hybridized carbons (Fsp3) is 0.625. The first kappa shape index (κ1) is 15.1. The Morgan fingerprint density at radius 1 is 1.35 bits per heavy atom. The van der Waals surface area contributed by atoms with Gasteiger partial charge in [-0.3, -0.25) is 4.90 Å². The lowest BCUT2D eigenvalue weighted by Crippen LogP contribution is -2.40. The largest absolute Gasteiger partial charge is 0.493 e. The highest BCUT2D eigenvalue weighted by molar-refractivity contribution is 5.48. The topological polar surface area (TPSA) is 47.7 Å². The maximum atomic E-state index is 6.06. The molecule has 1 aliphatic heterocycles. The summed E-state index contributed by atoms with van der Waals surface area (Å²) in [6.45, 7) is 5.10. The van der Waals surface area contributed by atoms with Crippen molar-refractivity contribution in [2.75, 3.05) is 33.9 Å². The zero-order valence-corrected chi connectivity index (χ0v) is 12.8. The van der Waals surface area contributed by atoms with Crippen LogP contribution in [0.5, 0.6) is 11.5 Å². The molecular formula is C16H26N2O2. The highest BCUT2D eigenvalue weighted by Crippen LogP contribution is 2.37. The maximum Gasteiger partial charge on any atom is 0.165 e. The van der Waals surface area contributed by atoms with Crippen LogP contribution in [0.1, 0.15) is 31.4 Å². The van der Waals surface area contributed by atoms with Crippen molar-refractivity contribution in [2.45, 2.75) is 25.8 Å².